The number of benzene rings is 1. The highest BCUT2D eigenvalue weighted by Gasteiger charge is 2.37. The first-order valence-electron chi connectivity index (χ1n) is 11.1. The lowest BCUT2D eigenvalue weighted by atomic mass is 10.1. The number of ether oxygens (including phenoxy) is 1. The number of carbonyl (C=O) groups excluding carboxylic acids is 2. The number of carbonyl (C=O) groups is 2. The Labute approximate surface area is 200 Å². The fourth-order valence-corrected chi connectivity index (χ4v) is 3.48. The van der Waals surface area contributed by atoms with Gasteiger partial charge < -0.3 is 36.2 Å². The molecule has 0 saturated carbocycles. The van der Waals surface area contributed by atoms with E-state index < -0.39 is 30.1 Å². The monoisotopic (exact) mass is 471 g/mol. The molecule has 2 rings (SSSR count). The van der Waals surface area contributed by atoms with Gasteiger partial charge in [-0.3, -0.25) is 9.59 Å². The molecule has 1 aliphatic rings. The molecule has 0 aliphatic carbocycles. The molecule has 9 nitrogen and oxygen atoms in total. The lowest BCUT2D eigenvalue weighted by Crippen LogP contribution is -2.51. The van der Waals surface area contributed by atoms with Crippen molar-refractivity contribution in [2.75, 3.05) is 32.1 Å². The number of aliphatic hydroxyl groups is 1. The van der Waals surface area contributed by atoms with Crippen molar-refractivity contribution in [2.24, 2.45) is 0 Å². The predicted octanol–water partition coefficient (Wildman–Crippen LogP) is 1.01. The fourth-order valence-electron chi connectivity index (χ4n) is 3.48. The molecule has 2 amide bonds. The predicted molar refractivity (Wildman–Crippen MR) is 131 cm³/mol. The van der Waals surface area contributed by atoms with E-state index in [1.165, 1.54) is 18.1 Å². The summed E-state index contributed by atoms with van der Waals surface area (Å²) in [4.78, 5) is 27.2. The molecule has 0 radical (unpaired) electrons. The molecule has 3 atom stereocenters. The third-order valence-corrected chi connectivity index (χ3v) is 5.46. The van der Waals surface area contributed by atoms with Crippen molar-refractivity contribution in [3.05, 3.63) is 72.0 Å². The summed E-state index contributed by atoms with van der Waals surface area (Å²) in [5.41, 5.74) is 6.54. The number of amides is 2. The molecule has 9 heteroatoms. The molecule has 1 aromatic carbocycles. The van der Waals surface area contributed by atoms with Crippen LogP contribution in [-0.4, -0.2) is 65.9 Å². The summed E-state index contributed by atoms with van der Waals surface area (Å²) in [6, 6.07) is 4.40. The second-order valence-corrected chi connectivity index (χ2v) is 7.96. The van der Waals surface area contributed by atoms with Gasteiger partial charge in [-0.2, -0.15) is 0 Å². The van der Waals surface area contributed by atoms with Crippen LogP contribution in [0.25, 0.3) is 0 Å². The number of quaternary nitrogens is 1. The van der Waals surface area contributed by atoms with Gasteiger partial charge in [-0.1, -0.05) is 30.9 Å². The maximum atomic E-state index is 13.0. The number of rotatable bonds is 10. The highest BCUT2D eigenvalue weighted by atomic mass is 16.5. The maximum Gasteiger partial charge on any atom is 0.255 e. The zero-order valence-corrected chi connectivity index (χ0v) is 20.0. The van der Waals surface area contributed by atoms with E-state index in [1.54, 1.807) is 25.3 Å². The van der Waals surface area contributed by atoms with Gasteiger partial charge in [0.05, 0.1) is 18.3 Å². The summed E-state index contributed by atoms with van der Waals surface area (Å²) in [5, 5.41) is 26.4. The van der Waals surface area contributed by atoms with Crippen molar-refractivity contribution >= 4 is 17.5 Å². The molecule has 0 unspecified atom stereocenters. The number of phenols is 1. The van der Waals surface area contributed by atoms with Crippen molar-refractivity contribution in [1.29, 1.82) is 0 Å². The first-order chi connectivity index (χ1) is 16.2. The average molecular weight is 472 g/mol. The number of hydrogen-bond donors (Lipinski definition) is 5. The van der Waals surface area contributed by atoms with Crippen LogP contribution < -0.4 is 16.4 Å². The van der Waals surface area contributed by atoms with Crippen molar-refractivity contribution in [2.45, 2.75) is 32.1 Å². The third-order valence-electron chi connectivity index (χ3n) is 5.46. The normalized spacial score (nSPS) is 18.0. The maximum absolute atomic E-state index is 13.0. The minimum atomic E-state index is -1.71. The molecule has 0 bridgehead atoms. The molecular weight excluding hydrogens is 436 g/mol. The quantitative estimate of drug-likeness (QED) is 0.323. The second-order valence-electron chi connectivity index (χ2n) is 7.96. The van der Waals surface area contributed by atoms with Gasteiger partial charge in [0.25, 0.3) is 11.8 Å². The van der Waals surface area contributed by atoms with Crippen molar-refractivity contribution in [3.8, 4) is 5.75 Å². The number of phenolic OH excluding ortho intramolecular Hbond substituents is 1. The Morgan fingerprint density at radius 1 is 1.35 bits per heavy atom. The average Bonchev–Trinajstić information content (AvgIpc) is 3.19. The third kappa shape index (κ3) is 6.80. The molecule has 1 aliphatic heterocycles. The van der Waals surface area contributed by atoms with Crippen molar-refractivity contribution in [1.82, 2.24) is 10.2 Å². The minimum absolute atomic E-state index is 0.00819. The molecular formula is C25H35N4O5+. The van der Waals surface area contributed by atoms with Gasteiger partial charge in [-0.25, -0.2) is 0 Å². The summed E-state index contributed by atoms with van der Waals surface area (Å²) in [5.74, 6) is -1.24. The number of nitrogens with one attached hydrogen (secondary N) is 2. The van der Waals surface area contributed by atoms with Crippen molar-refractivity contribution in [3.63, 3.8) is 0 Å². The summed E-state index contributed by atoms with van der Waals surface area (Å²) in [7, 11) is 1.27. The smallest absolute Gasteiger partial charge is 0.255 e. The molecule has 1 aromatic rings. The highest BCUT2D eigenvalue weighted by molar-refractivity contribution is 5.91. The molecule has 0 aromatic heterocycles. The van der Waals surface area contributed by atoms with E-state index in [0.717, 1.165) is 11.1 Å². The van der Waals surface area contributed by atoms with Gasteiger partial charge in [0.2, 0.25) is 0 Å². The molecule has 0 spiro atoms. The lowest BCUT2D eigenvalue weighted by Gasteiger charge is -2.26. The number of likely N-dealkylation sites (tertiary alicyclic amines) is 1. The Bertz CT molecular complexity index is 986. The zero-order valence-electron chi connectivity index (χ0n) is 20.0. The Kier molecular flexibility index (Phi) is 10.1. The number of aliphatic hydroxyl groups excluding tert-OH is 1. The van der Waals surface area contributed by atoms with Crippen LogP contribution in [0.15, 0.2) is 66.4 Å². The molecule has 1 saturated heterocycles. The second kappa shape index (κ2) is 12.7. The van der Waals surface area contributed by atoms with E-state index in [1.807, 2.05) is 31.2 Å². The van der Waals surface area contributed by atoms with Crippen LogP contribution in [0.3, 0.4) is 0 Å². The van der Waals surface area contributed by atoms with E-state index in [2.05, 4.69) is 22.9 Å². The summed E-state index contributed by atoms with van der Waals surface area (Å²) >= 11 is 0. The number of nitrogens with zero attached hydrogens (tertiary/aromatic N) is 1. The van der Waals surface area contributed by atoms with Crippen LogP contribution in [0.1, 0.15) is 25.5 Å². The van der Waals surface area contributed by atoms with E-state index in [-0.39, 0.29) is 5.75 Å². The van der Waals surface area contributed by atoms with Crippen molar-refractivity contribution < 1.29 is 30.3 Å². The molecule has 7 N–H and O–H groups in total. The van der Waals surface area contributed by atoms with Gasteiger partial charge in [-0.15, -0.1) is 0 Å². The number of anilines is 1. The highest BCUT2D eigenvalue weighted by Crippen LogP contribution is 2.27. The first kappa shape index (κ1) is 26.8. The van der Waals surface area contributed by atoms with Crippen LogP contribution in [0.5, 0.6) is 5.75 Å². The number of methoxy groups -OCH3 is 1. The van der Waals surface area contributed by atoms with E-state index >= 15 is 0 Å². The molecule has 1 fully saturated rings. The van der Waals surface area contributed by atoms with E-state index in [9.17, 15) is 19.8 Å². The standard InChI is InChI=1S/C25H34N4O5/c1-5-6-8-19-15-29(14-16(19)2)25(33)23(34-4)22(31)24(32)28-17(3)18-9-10-20(21(30)13-18)27-12-7-11-26/h5-10,12-13,17,22-23,27,30-31H,2,11,14-15,26H2,1,3-4H3,(H,28,32)/p+1/b6-5-,12-7-,19-8-/t17-,22-,23-/m1/s1. The zero-order chi connectivity index (χ0) is 25.3. The number of hydrogen-bond acceptors (Lipinski definition) is 6. The number of aromatic hydroxyl groups is 1. The summed E-state index contributed by atoms with van der Waals surface area (Å²) < 4.78 is 5.20. The Balaban J connectivity index is 2.04. The topological polar surface area (TPSA) is 139 Å². The number of allylic oxidation sites excluding steroid dienone is 3. The van der Waals surface area contributed by atoms with E-state index in [4.69, 9.17) is 4.74 Å². The van der Waals surface area contributed by atoms with Gasteiger partial charge in [0, 0.05) is 26.4 Å². The summed E-state index contributed by atoms with van der Waals surface area (Å²) in [6.07, 6.45) is 6.05. The minimum Gasteiger partial charge on any atom is -0.506 e. The lowest BCUT2D eigenvalue weighted by molar-refractivity contribution is -0.352. The fraction of sp³-hybridized carbons (Fsp3) is 0.360. The SMILES string of the molecule is C=C1CN(C(=O)[C@H](OC)[C@@H](O)C(=O)N[C@H](C)c2ccc(N/C=C\C[NH3+])c(O)c2)C/C1=C/C=C\C. The largest absolute Gasteiger partial charge is 0.506 e. The van der Waals surface area contributed by atoms with Gasteiger partial charge in [0.1, 0.15) is 5.75 Å². The van der Waals surface area contributed by atoms with Crippen LogP contribution >= 0.6 is 0 Å². The van der Waals surface area contributed by atoms with Crippen LogP contribution in [0, 0.1) is 0 Å². The van der Waals surface area contributed by atoms with Gasteiger partial charge >= 0.3 is 0 Å². The first-order valence-corrected chi connectivity index (χ1v) is 11.1. The Morgan fingerprint density at radius 2 is 2.09 bits per heavy atom. The summed E-state index contributed by atoms with van der Waals surface area (Å²) in [6.45, 7) is 8.83. The van der Waals surface area contributed by atoms with Crippen LogP contribution in [0.4, 0.5) is 5.69 Å². The van der Waals surface area contributed by atoms with Gasteiger partial charge in [-0.05, 0) is 48.8 Å². The molecule has 34 heavy (non-hydrogen) atoms. The molecule has 1 heterocycles. The van der Waals surface area contributed by atoms with Crippen LogP contribution in [-0.2, 0) is 14.3 Å². The Morgan fingerprint density at radius 3 is 2.71 bits per heavy atom. The van der Waals surface area contributed by atoms with E-state index in [0.29, 0.717) is 30.9 Å². The Hall–Kier alpha value is -3.40. The molecule has 184 valence electrons. The van der Waals surface area contributed by atoms with Crippen LogP contribution in [0.2, 0.25) is 0 Å². The van der Waals surface area contributed by atoms with Gasteiger partial charge in [0.15, 0.2) is 12.2 Å².